The van der Waals surface area contributed by atoms with Crippen molar-refractivity contribution in [2.45, 2.75) is 13.1 Å². The molecule has 14 heavy (non-hydrogen) atoms. The molecule has 1 aromatic carbocycles. The highest BCUT2D eigenvalue weighted by atomic mass is 15.7. The van der Waals surface area contributed by atoms with Crippen molar-refractivity contribution in [2.24, 2.45) is 5.73 Å². The SMILES string of the molecule is CC1=CC(N)N(c2ccccc2)N1C. The molecular weight excluding hydrogens is 174 g/mol. The summed E-state index contributed by atoms with van der Waals surface area (Å²) in [5.41, 5.74) is 8.30. The van der Waals surface area contributed by atoms with Crippen LogP contribution in [0.2, 0.25) is 0 Å². The highest BCUT2D eigenvalue weighted by Crippen LogP contribution is 2.24. The number of benzene rings is 1. The Morgan fingerprint density at radius 1 is 1.21 bits per heavy atom. The number of hydrazine groups is 1. The Morgan fingerprint density at radius 2 is 1.86 bits per heavy atom. The summed E-state index contributed by atoms with van der Waals surface area (Å²) < 4.78 is 0. The van der Waals surface area contributed by atoms with Crippen molar-refractivity contribution in [2.75, 3.05) is 12.1 Å². The van der Waals surface area contributed by atoms with Gasteiger partial charge >= 0.3 is 0 Å². The Hall–Kier alpha value is -1.48. The quantitative estimate of drug-likeness (QED) is 0.727. The minimum absolute atomic E-state index is 0.0533. The lowest BCUT2D eigenvalue weighted by atomic mass is 10.3. The van der Waals surface area contributed by atoms with Crippen molar-refractivity contribution < 1.29 is 0 Å². The van der Waals surface area contributed by atoms with Crippen molar-refractivity contribution in [3.8, 4) is 0 Å². The van der Waals surface area contributed by atoms with Gasteiger partial charge < -0.3 is 5.73 Å². The Bertz CT molecular complexity index is 345. The molecule has 0 saturated heterocycles. The van der Waals surface area contributed by atoms with E-state index in [0.29, 0.717) is 0 Å². The van der Waals surface area contributed by atoms with Crippen LogP contribution < -0.4 is 10.7 Å². The molecule has 1 atom stereocenters. The highest BCUT2D eigenvalue weighted by molar-refractivity contribution is 5.49. The summed E-state index contributed by atoms with van der Waals surface area (Å²) in [6.45, 7) is 2.06. The molecule has 0 fully saturated rings. The normalized spacial score (nSPS) is 21.4. The number of para-hydroxylation sites is 1. The van der Waals surface area contributed by atoms with Crippen molar-refractivity contribution in [3.05, 3.63) is 42.1 Å². The summed E-state index contributed by atoms with van der Waals surface area (Å²) in [4.78, 5) is 0. The van der Waals surface area contributed by atoms with Gasteiger partial charge in [0.1, 0.15) is 6.17 Å². The largest absolute Gasteiger partial charge is 0.306 e. The minimum atomic E-state index is -0.0533. The summed E-state index contributed by atoms with van der Waals surface area (Å²) in [6.07, 6.45) is 2.00. The molecule has 1 aliphatic heterocycles. The maximum atomic E-state index is 6.00. The highest BCUT2D eigenvalue weighted by Gasteiger charge is 2.24. The Morgan fingerprint density at radius 3 is 2.36 bits per heavy atom. The molecule has 1 unspecified atom stereocenters. The second-order valence-corrected chi connectivity index (χ2v) is 3.50. The van der Waals surface area contributed by atoms with Crippen LogP contribution in [-0.4, -0.2) is 18.2 Å². The first-order valence-electron chi connectivity index (χ1n) is 4.72. The van der Waals surface area contributed by atoms with E-state index >= 15 is 0 Å². The van der Waals surface area contributed by atoms with Gasteiger partial charge in [0.25, 0.3) is 0 Å². The van der Waals surface area contributed by atoms with Gasteiger partial charge in [0.15, 0.2) is 0 Å². The van der Waals surface area contributed by atoms with Gasteiger partial charge in [0.2, 0.25) is 0 Å². The van der Waals surface area contributed by atoms with Gasteiger partial charge in [-0.15, -0.1) is 0 Å². The van der Waals surface area contributed by atoms with Crippen molar-refractivity contribution in [3.63, 3.8) is 0 Å². The fourth-order valence-corrected chi connectivity index (χ4v) is 1.72. The number of rotatable bonds is 1. The predicted molar refractivity (Wildman–Crippen MR) is 58.4 cm³/mol. The van der Waals surface area contributed by atoms with Crippen LogP contribution in [0.5, 0.6) is 0 Å². The Labute approximate surface area is 84.4 Å². The maximum Gasteiger partial charge on any atom is 0.118 e. The monoisotopic (exact) mass is 189 g/mol. The smallest absolute Gasteiger partial charge is 0.118 e. The summed E-state index contributed by atoms with van der Waals surface area (Å²) in [6, 6.07) is 10.2. The lowest BCUT2D eigenvalue weighted by molar-refractivity contribution is 0.393. The fraction of sp³-hybridized carbons (Fsp3) is 0.273. The summed E-state index contributed by atoms with van der Waals surface area (Å²) >= 11 is 0. The van der Waals surface area contributed by atoms with E-state index in [1.165, 1.54) is 5.70 Å². The van der Waals surface area contributed by atoms with E-state index in [-0.39, 0.29) is 6.17 Å². The first-order chi connectivity index (χ1) is 6.70. The predicted octanol–water partition coefficient (Wildman–Crippen LogP) is 1.54. The van der Waals surface area contributed by atoms with Crippen LogP contribution in [0.1, 0.15) is 6.92 Å². The van der Waals surface area contributed by atoms with E-state index in [9.17, 15) is 0 Å². The molecule has 1 aromatic rings. The Balaban J connectivity index is 2.30. The number of hydrogen-bond donors (Lipinski definition) is 1. The van der Waals surface area contributed by atoms with Crippen LogP contribution in [0.15, 0.2) is 42.1 Å². The number of nitrogens with two attached hydrogens (primary N) is 1. The van der Waals surface area contributed by atoms with Crippen molar-refractivity contribution in [1.29, 1.82) is 0 Å². The molecule has 0 amide bonds. The van der Waals surface area contributed by atoms with E-state index in [0.717, 1.165) is 5.69 Å². The molecule has 1 heterocycles. The van der Waals surface area contributed by atoms with Gasteiger partial charge in [-0.25, -0.2) is 0 Å². The lowest BCUT2D eigenvalue weighted by Crippen LogP contribution is -2.44. The average Bonchev–Trinajstić information content (AvgIpc) is 2.43. The van der Waals surface area contributed by atoms with E-state index in [1.54, 1.807) is 0 Å². The van der Waals surface area contributed by atoms with Crippen molar-refractivity contribution >= 4 is 5.69 Å². The molecule has 2 rings (SSSR count). The van der Waals surface area contributed by atoms with Crippen LogP contribution in [-0.2, 0) is 0 Å². The summed E-state index contributed by atoms with van der Waals surface area (Å²) in [5.74, 6) is 0. The number of nitrogens with zero attached hydrogens (tertiary/aromatic N) is 2. The molecule has 0 saturated carbocycles. The third-order valence-corrected chi connectivity index (χ3v) is 2.55. The van der Waals surface area contributed by atoms with E-state index in [2.05, 4.69) is 29.1 Å². The molecule has 0 spiro atoms. The molecule has 0 radical (unpaired) electrons. The van der Waals surface area contributed by atoms with Crippen LogP contribution in [0, 0.1) is 0 Å². The number of allylic oxidation sites excluding steroid dienone is 1. The number of hydrogen-bond acceptors (Lipinski definition) is 3. The van der Waals surface area contributed by atoms with Crippen LogP contribution in [0.4, 0.5) is 5.69 Å². The molecule has 3 heteroatoms. The zero-order valence-corrected chi connectivity index (χ0v) is 8.51. The molecule has 0 bridgehead atoms. The van der Waals surface area contributed by atoms with Gasteiger partial charge in [-0.05, 0) is 25.1 Å². The standard InChI is InChI=1S/C11H15N3/c1-9-8-11(12)14(13(9)2)10-6-4-3-5-7-10/h3-8,11H,12H2,1-2H3. The zero-order valence-electron chi connectivity index (χ0n) is 8.51. The third kappa shape index (κ3) is 1.36. The van der Waals surface area contributed by atoms with Crippen LogP contribution in [0.3, 0.4) is 0 Å². The van der Waals surface area contributed by atoms with E-state index < -0.39 is 0 Å². The van der Waals surface area contributed by atoms with E-state index in [1.807, 2.05) is 31.3 Å². The summed E-state index contributed by atoms with van der Waals surface area (Å²) in [5, 5.41) is 4.13. The molecule has 0 aromatic heterocycles. The van der Waals surface area contributed by atoms with Crippen molar-refractivity contribution in [1.82, 2.24) is 5.01 Å². The molecule has 2 N–H and O–H groups in total. The molecule has 3 nitrogen and oxygen atoms in total. The Kier molecular flexibility index (Phi) is 2.17. The van der Waals surface area contributed by atoms with Gasteiger partial charge in [-0.1, -0.05) is 18.2 Å². The lowest BCUT2D eigenvalue weighted by Gasteiger charge is -2.32. The van der Waals surface area contributed by atoms with Crippen LogP contribution >= 0.6 is 0 Å². The second-order valence-electron chi connectivity index (χ2n) is 3.50. The van der Waals surface area contributed by atoms with E-state index in [4.69, 9.17) is 5.73 Å². The number of anilines is 1. The molecule has 1 aliphatic rings. The fourth-order valence-electron chi connectivity index (χ4n) is 1.72. The molecular formula is C11H15N3. The van der Waals surface area contributed by atoms with Gasteiger partial charge in [-0.2, -0.15) is 0 Å². The van der Waals surface area contributed by atoms with Gasteiger partial charge in [-0.3, -0.25) is 10.0 Å². The molecule has 74 valence electrons. The first-order valence-corrected chi connectivity index (χ1v) is 4.72. The van der Waals surface area contributed by atoms with Gasteiger partial charge in [0, 0.05) is 12.7 Å². The topological polar surface area (TPSA) is 32.5 Å². The van der Waals surface area contributed by atoms with Gasteiger partial charge in [0.05, 0.1) is 5.69 Å². The second kappa shape index (κ2) is 3.35. The zero-order chi connectivity index (χ0) is 10.1. The minimum Gasteiger partial charge on any atom is -0.306 e. The average molecular weight is 189 g/mol. The van der Waals surface area contributed by atoms with Crippen LogP contribution in [0.25, 0.3) is 0 Å². The third-order valence-electron chi connectivity index (χ3n) is 2.55. The maximum absolute atomic E-state index is 6.00. The molecule has 0 aliphatic carbocycles. The summed E-state index contributed by atoms with van der Waals surface area (Å²) in [7, 11) is 2.02. The first kappa shape index (κ1) is 9.09.